The van der Waals surface area contributed by atoms with Crippen LogP contribution in [-0.4, -0.2) is 25.1 Å². The molecule has 4 rings (SSSR count). The molecule has 0 unspecified atom stereocenters. The highest BCUT2D eigenvalue weighted by atomic mass is 19.3. The molecule has 2 aliphatic heterocycles. The van der Waals surface area contributed by atoms with E-state index in [1.165, 1.54) is 18.2 Å². The first-order valence-corrected chi connectivity index (χ1v) is 8.09. The number of rotatable bonds is 4. The molecule has 136 valence electrons. The van der Waals surface area contributed by atoms with Gasteiger partial charge in [-0.1, -0.05) is 30.3 Å². The predicted octanol–water partition coefficient (Wildman–Crippen LogP) is 3.95. The van der Waals surface area contributed by atoms with E-state index in [-0.39, 0.29) is 29.5 Å². The van der Waals surface area contributed by atoms with Crippen LogP contribution in [0.1, 0.15) is 11.1 Å². The Balaban J connectivity index is 1.65. The van der Waals surface area contributed by atoms with E-state index in [4.69, 9.17) is 9.47 Å². The first-order chi connectivity index (χ1) is 13.1. The maximum absolute atomic E-state index is 12.6. The minimum Gasteiger partial charge on any atom is -0.488 e. The minimum absolute atomic E-state index is 0.0612. The summed E-state index contributed by atoms with van der Waals surface area (Å²) in [6, 6.07) is 13.5. The molecule has 0 saturated heterocycles. The van der Waals surface area contributed by atoms with Gasteiger partial charge in [0.25, 0.3) is 0 Å². The number of alkyl halides is 2. The van der Waals surface area contributed by atoms with Crippen molar-refractivity contribution < 1.29 is 27.8 Å². The summed E-state index contributed by atoms with van der Waals surface area (Å²) >= 11 is 0. The van der Waals surface area contributed by atoms with Crippen molar-refractivity contribution in [3.63, 3.8) is 0 Å². The number of cyclic esters (lactones) is 1. The second-order valence-corrected chi connectivity index (χ2v) is 5.76. The Morgan fingerprint density at radius 3 is 2.74 bits per heavy atom. The number of para-hydroxylation sites is 2. The van der Waals surface area contributed by atoms with E-state index in [1.807, 2.05) is 30.3 Å². The Morgan fingerprint density at radius 2 is 1.89 bits per heavy atom. The van der Waals surface area contributed by atoms with Crippen LogP contribution in [0, 0.1) is 0 Å². The molecule has 0 amide bonds. The van der Waals surface area contributed by atoms with Gasteiger partial charge in [0, 0.05) is 5.56 Å². The summed E-state index contributed by atoms with van der Waals surface area (Å²) in [5.41, 5.74) is 1.87. The molecule has 0 aromatic heterocycles. The van der Waals surface area contributed by atoms with Crippen LogP contribution in [0.15, 0.2) is 70.9 Å². The summed E-state index contributed by atoms with van der Waals surface area (Å²) in [7, 11) is 0. The van der Waals surface area contributed by atoms with E-state index in [0.717, 1.165) is 16.9 Å². The molecule has 7 heteroatoms. The predicted molar refractivity (Wildman–Crippen MR) is 93.7 cm³/mol. The fraction of sp³-hybridized carbons (Fsp3) is 0.100. The highest BCUT2D eigenvalue weighted by Crippen LogP contribution is 2.29. The minimum atomic E-state index is -3.00. The van der Waals surface area contributed by atoms with E-state index < -0.39 is 12.6 Å². The van der Waals surface area contributed by atoms with Gasteiger partial charge in [-0.3, -0.25) is 0 Å². The van der Waals surface area contributed by atoms with Crippen LogP contribution in [0.4, 0.5) is 8.78 Å². The fourth-order valence-electron chi connectivity index (χ4n) is 2.76. The van der Waals surface area contributed by atoms with E-state index in [9.17, 15) is 13.6 Å². The molecule has 2 aromatic carbocycles. The van der Waals surface area contributed by atoms with Crippen LogP contribution in [0.25, 0.3) is 6.08 Å². The molecule has 0 saturated carbocycles. The van der Waals surface area contributed by atoms with Crippen LogP contribution in [0.5, 0.6) is 11.5 Å². The van der Waals surface area contributed by atoms with Crippen LogP contribution in [-0.2, 0) is 9.53 Å². The van der Waals surface area contributed by atoms with E-state index in [0.29, 0.717) is 0 Å². The van der Waals surface area contributed by atoms with Crippen molar-refractivity contribution in [2.45, 2.75) is 6.61 Å². The number of carbonyl (C=O) groups excluding carboxylic acids is 1. The zero-order chi connectivity index (χ0) is 18.8. The van der Waals surface area contributed by atoms with Crippen LogP contribution in [0.2, 0.25) is 0 Å². The smallest absolute Gasteiger partial charge is 0.387 e. The lowest BCUT2D eigenvalue weighted by Crippen LogP contribution is -2.10. The highest BCUT2D eigenvalue weighted by Gasteiger charge is 2.27. The first-order valence-electron chi connectivity index (χ1n) is 8.09. The number of hydrogen-bond acceptors (Lipinski definition) is 5. The summed E-state index contributed by atoms with van der Waals surface area (Å²) < 4.78 is 40.4. The second-order valence-electron chi connectivity index (χ2n) is 5.76. The maximum atomic E-state index is 12.6. The number of aliphatic imine (C=N–C) groups is 1. The Hall–Kier alpha value is -3.48. The monoisotopic (exact) mass is 369 g/mol. The Bertz CT molecular complexity index is 995. The molecule has 0 N–H and O–H groups in total. The largest absolute Gasteiger partial charge is 0.488 e. The lowest BCUT2D eigenvalue weighted by molar-refractivity contribution is -0.130. The van der Waals surface area contributed by atoms with Gasteiger partial charge in [-0.15, -0.1) is 0 Å². The zero-order valence-electron chi connectivity index (χ0n) is 13.9. The lowest BCUT2D eigenvalue weighted by atomic mass is 10.1. The van der Waals surface area contributed by atoms with Crippen molar-refractivity contribution in [3.8, 4) is 11.5 Å². The summed E-state index contributed by atoms with van der Waals surface area (Å²) in [5, 5.41) is 0. The van der Waals surface area contributed by atoms with E-state index >= 15 is 0 Å². The number of esters is 1. The molecule has 0 fully saturated rings. The van der Waals surface area contributed by atoms with Gasteiger partial charge in [0.1, 0.15) is 18.1 Å². The molecular formula is C20H13F2NO4. The number of carbonyl (C=O) groups is 1. The SMILES string of the molecule is O=C1OC(c2ccccc2OC(F)F)=NC1=CC1=Cc2ccccc2OC1. The van der Waals surface area contributed by atoms with Crippen LogP contribution in [0.3, 0.4) is 0 Å². The molecule has 0 atom stereocenters. The van der Waals surface area contributed by atoms with Crippen molar-refractivity contribution in [3.05, 3.63) is 77.0 Å². The fourth-order valence-corrected chi connectivity index (χ4v) is 2.76. The second kappa shape index (κ2) is 7.03. The van der Waals surface area contributed by atoms with Gasteiger partial charge in [-0.05, 0) is 35.9 Å². The number of nitrogens with zero attached hydrogens (tertiary/aromatic N) is 1. The lowest BCUT2D eigenvalue weighted by Gasteiger charge is -2.15. The third-order valence-corrected chi connectivity index (χ3v) is 3.93. The van der Waals surface area contributed by atoms with Crippen molar-refractivity contribution in [1.29, 1.82) is 0 Å². The standard InChI is InChI=1S/C20H13F2NO4/c21-20(22)26-17-8-4-2-6-14(17)18-23-15(19(24)27-18)10-12-9-13-5-1-3-7-16(13)25-11-12/h1-10,20H,11H2. The summed E-state index contributed by atoms with van der Waals surface area (Å²) in [4.78, 5) is 16.3. The summed E-state index contributed by atoms with van der Waals surface area (Å²) in [6.07, 6.45) is 3.45. The molecule has 0 radical (unpaired) electrons. The third kappa shape index (κ3) is 3.57. The molecule has 2 heterocycles. The van der Waals surface area contributed by atoms with Gasteiger partial charge in [0.15, 0.2) is 5.70 Å². The highest BCUT2D eigenvalue weighted by molar-refractivity contribution is 6.12. The number of halogens is 2. The molecule has 0 spiro atoms. The topological polar surface area (TPSA) is 57.1 Å². The first kappa shape index (κ1) is 17.0. The Labute approximate surface area is 153 Å². The van der Waals surface area contributed by atoms with Gasteiger partial charge in [-0.25, -0.2) is 9.79 Å². The van der Waals surface area contributed by atoms with Crippen molar-refractivity contribution >= 4 is 17.9 Å². The molecular weight excluding hydrogens is 356 g/mol. The van der Waals surface area contributed by atoms with Crippen LogP contribution >= 0.6 is 0 Å². The molecule has 2 aliphatic rings. The molecule has 0 bridgehead atoms. The van der Waals surface area contributed by atoms with Gasteiger partial charge in [0.2, 0.25) is 5.90 Å². The average Bonchev–Trinajstić information content (AvgIpc) is 3.02. The van der Waals surface area contributed by atoms with Gasteiger partial charge in [-0.2, -0.15) is 8.78 Å². The summed E-state index contributed by atoms with van der Waals surface area (Å²) in [6.45, 7) is -2.72. The van der Waals surface area contributed by atoms with Gasteiger partial charge in [0.05, 0.1) is 5.56 Å². The van der Waals surface area contributed by atoms with Gasteiger partial charge >= 0.3 is 12.6 Å². The molecule has 0 aliphatic carbocycles. The summed E-state index contributed by atoms with van der Waals surface area (Å²) in [5.74, 6) is -0.109. The number of hydrogen-bond donors (Lipinski definition) is 0. The van der Waals surface area contributed by atoms with Gasteiger partial charge < -0.3 is 14.2 Å². The quantitative estimate of drug-likeness (QED) is 0.605. The van der Waals surface area contributed by atoms with E-state index in [1.54, 1.807) is 12.1 Å². The van der Waals surface area contributed by atoms with Crippen molar-refractivity contribution in [1.82, 2.24) is 0 Å². The molecule has 27 heavy (non-hydrogen) atoms. The van der Waals surface area contributed by atoms with Crippen molar-refractivity contribution in [2.75, 3.05) is 6.61 Å². The Kier molecular flexibility index (Phi) is 4.42. The molecule has 2 aromatic rings. The normalized spacial score (nSPS) is 17.1. The average molecular weight is 369 g/mol. The van der Waals surface area contributed by atoms with E-state index in [2.05, 4.69) is 9.73 Å². The number of ether oxygens (including phenoxy) is 3. The number of benzene rings is 2. The zero-order valence-corrected chi connectivity index (χ0v) is 13.9. The number of fused-ring (bicyclic) bond motifs is 1. The van der Waals surface area contributed by atoms with Crippen molar-refractivity contribution in [2.24, 2.45) is 4.99 Å². The maximum Gasteiger partial charge on any atom is 0.387 e. The Morgan fingerprint density at radius 1 is 1.11 bits per heavy atom. The third-order valence-electron chi connectivity index (χ3n) is 3.93. The van der Waals surface area contributed by atoms with Crippen LogP contribution < -0.4 is 9.47 Å². The molecule has 5 nitrogen and oxygen atoms in total.